The number of carbonyl (C=O) groups excluding carboxylic acids is 1. The molecule has 2 aromatic rings. The molecule has 1 aromatic heterocycles. The third kappa shape index (κ3) is 4.16. The Morgan fingerprint density at radius 3 is 2.70 bits per heavy atom. The highest BCUT2D eigenvalue weighted by atomic mass is 19.1. The molecule has 1 amide bonds. The molecular formula is C17H22FN3O2. The van der Waals surface area contributed by atoms with Crippen molar-refractivity contribution in [3.63, 3.8) is 0 Å². The zero-order valence-electron chi connectivity index (χ0n) is 13.6. The molecule has 0 aliphatic rings. The van der Waals surface area contributed by atoms with Crippen LogP contribution in [0.4, 0.5) is 4.39 Å². The van der Waals surface area contributed by atoms with Crippen LogP contribution in [0.3, 0.4) is 0 Å². The Kier molecular flexibility index (Phi) is 5.50. The molecule has 0 saturated carbocycles. The molecule has 0 saturated heterocycles. The minimum absolute atomic E-state index is 0.0133. The number of nitrogens with zero attached hydrogens (tertiary/aromatic N) is 1. The summed E-state index contributed by atoms with van der Waals surface area (Å²) < 4.78 is 13.6. The molecule has 0 fully saturated rings. The highest BCUT2D eigenvalue weighted by Gasteiger charge is 2.19. The van der Waals surface area contributed by atoms with Crippen molar-refractivity contribution >= 4 is 5.91 Å². The number of aliphatic hydroxyl groups excluding tert-OH is 1. The number of halogens is 1. The summed E-state index contributed by atoms with van der Waals surface area (Å²) in [6.45, 7) is 5.76. The molecule has 0 bridgehead atoms. The van der Waals surface area contributed by atoms with E-state index in [9.17, 15) is 14.3 Å². The fourth-order valence-electron chi connectivity index (χ4n) is 2.80. The predicted molar refractivity (Wildman–Crippen MR) is 85.5 cm³/mol. The van der Waals surface area contributed by atoms with Gasteiger partial charge in [-0.1, -0.05) is 25.1 Å². The summed E-state index contributed by atoms with van der Waals surface area (Å²) in [5, 5.41) is 19.7. The van der Waals surface area contributed by atoms with Crippen LogP contribution in [-0.4, -0.2) is 27.8 Å². The van der Waals surface area contributed by atoms with E-state index in [4.69, 9.17) is 0 Å². The van der Waals surface area contributed by atoms with Gasteiger partial charge in [0, 0.05) is 24.2 Å². The van der Waals surface area contributed by atoms with E-state index in [2.05, 4.69) is 15.5 Å². The number of benzene rings is 1. The first-order valence-electron chi connectivity index (χ1n) is 7.60. The molecule has 1 aromatic carbocycles. The number of carbonyl (C=O) groups is 1. The molecule has 2 unspecified atom stereocenters. The van der Waals surface area contributed by atoms with Gasteiger partial charge >= 0.3 is 0 Å². The number of aliphatic hydroxyl groups is 1. The fourth-order valence-corrected chi connectivity index (χ4v) is 2.80. The number of aromatic amines is 1. The van der Waals surface area contributed by atoms with Crippen LogP contribution in [0, 0.1) is 19.7 Å². The quantitative estimate of drug-likeness (QED) is 0.765. The third-order valence-corrected chi connectivity index (χ3v) is 3.93. The molecule has 3 N–H and O–H groups in total. The van der Waals surface area contributed by atoms with Gasteiger partial charge in [0.1, 0.15) is 5.82 Å². The summed E-state index contributed by atoms with van der Waals surface area (Å²) >= 11 is 0. The molecular weight excluding hydrogens is 297 g/mol. The lowest BCUT2D eigenvalue weighted by Gasteiger charge is -2.15. The average molecular weight is 319 g/mol. The number of amides is 1. The molecule has 0 radical (unpaired) electrons. The Bertz CT molecular complexity index is 665. The number of aromatic nitrogens is 2. The first-order valence-corrected chi connectivity index (χ1v) is 7.60. The number of aryl methyl sites for hydroxylation is 2. The molecule has 23 heavy (non-hydrogen) atoms. The Morgan fingerprint density at radius 1 is 1.39 bits per heavy atom. The smallest absolute Gasteiger partial charge is 0.220 e. The molecule has 2 atom stereocenters. The third-order valence-electron chi connectivity index (χ3n) is 3.93. The van der Waals surface area contributed by atoms with E-state index >= 15 is 0 Å². The summed E-state index contributed by atoms with van der Waals surface area (Å²) in [7, 11) is 0. The second-order valence-electron chi connectivity index (χ2n) is 5.79. The van der Waals surface area contributed by atoms with E-state index in [-0.39, 0.29) is 30.4 Å². The van der Waals surface area contributed by atoms with Crippen molar-refractivity contribution in [2.45, 2.75) is 39.2 Å². The lowest BCUT2D eigenvalue weighted by atomic mass is 9.95. The van der Waals surface area contributed by atoms with Gasteiger partial charge in [0.15, 0.2) is 0 Å². The minimum atomic E-state index is -1.06. The van der Waals surface area contributed by atoms with E-state index in [0.29, 0.717) is 0 Å². The van der Waals surface area contributed by atoms with Crippen LogP contribution in [0.2, 0.25) is 0 Å². The van der Waals surface area contributed by atoms with Gasteiger partial charge < -0.3 is 10.4 Å². The van der Waals surface area contributed by atoms with Crippen molar-refractivity contribution in [3.05, 3.63) is 52.6 Å². The molecule has 0 spiro atoms. The van der Waals surface area contributed by atoms with Gasteiger partial charge in [0.2, 0.25) is 5.91 Å². The largest absolute Gasteiger partial charge is 0.386 e. The zero-order chi connectivity index (χ0) is 17.0. The Labute approximate surface area is 134 Å². The fraction of sp³-hybridized carbons (Fsp3) is 0.412. The van der Waals surface area contributed by atoms with Crippen molar-refractivity contribution in [1.29, 1.82) is 0 Å². The van der Waals surface area contributed by atoms with E-state index in [1.807, 2.05) is 20.8 Å². The number of hydrogen-bond acceptors (Lipinski definition) is 3. The summed E-state index contributed by atoms with van der Waals surface area (Å²) in [5.41, 5.74) is 3.06. The van der Waals surface area contributed by atoms with Crippen LogP contribution in [0.5, 0.6) is 0 Å². The number of H-pyrrole nitrogens is 1. The predicted octanol–water partition coefficient (Wildman–Crippen LogP) is 2.51. The van der Waals surface area contributed by atoms with Gasteiger partial charge in [-0.05, 0) is 31.4 Å². The van der Waals surface area contributed by atoms with E-state index < -0.39 is 11.9 Å². The molecule has 2 rings (SSSR count). The molecule has 0 aliphatic carbocycles. The summed E-state index contributed by atoms with van der Waals surface area (Å²) in [6.07, 6.45) is -0.779. The second kappa shape index (κ2) is 7.37. The van der Waals surface area contributed by atoms with E-state index in [0.717, 1.165) is 17.0 Å². The first-order chi connectivity index (χ1) is 10.9. The van der Waals surface area contributed by atoms with Crippen molar-refractivity contribution in [2.75, 3.05) is 6.54 Å². The summed E-state index contributed by atoms with van der Waals surface area (Å²) in [6, 6.07) is 6.00. The van der Waals surface area contributed by atoms with Crippen molar-refractivity contribution < 1.29 is 14.3 Å². The highest BCUT2D eigenvalue weighted by molar-refractivity contribution is 5.77. The highest BCUT2D eigenvalue weighted by Crippen LogP contribution is 2.24. The lowest BCUT2D eigenvalue weighted by Crippen LogP contribution is -2.29. The topological polar surface area (TPSA) is 78.0 Å². The number of nitrogens with one attached hydrogen (secondary N) is 2. The summed E-state index contributed by atoms with van der Waals surface area (Å²) in [4.78, 5) is 12.0. The number of hydrogen-bond donors (Lipinski definition) is 3. The van der Waals surface area contributed by atoms with Gasteiger partial charge in [-0.3, -0.25) is 9.89 Å². The second-order valence-corrected chi connectivity index (χ2v) is 5.79. The normalized spacial score (nSPS) is 13.6. The van der Waals surface area contributed by atoms with Gasteiger partial charge in [0.05, 0.1) is 11.8 Å². The minimum Gasteiger partial charge on any atom is -0.386 e. The van der Waals surface area contributed by atoms with Crippen molar-refractivity contribution in [1.82, 2.24) is 15.5 Å². The Balaban J connectivity index is 1.89. The van der Waals surface area contributed by atoms with Crippen LogP contribution in [0.25, 0.3) is 0 Å². The molecule has 6 heteroatoms. The first kappa shape index (κ1) is 17.1. The Morgan fingerprint density at radius 2 is 2.09 bits per heavy atom. The van der Waals surface area contributed by atoms with Crippen LogP contribution in [0.1, 0.15) is 47.9 Å². The summed E-state index contributed by atoms with van der Waals surface area (Å²) in [5.74, 6) is -0.653. The number of rotatable bonds is 6. The monoisotopic (exact) mass is 319 g/mol. The van der Waals surface area contributed by atoms with Crippen LogP contribution < -0.4 is 5.32 Å². The average Bonchev–Trinajstić information content (AvgIpc) is 2.84. The van der Waals surface area contributed by atoms with Crippen LogP contribution in [0.15, 0.2) is 24.3 Å². The van der Waals surface area contributed by atoms with Gasteiger partial charge in [-0.25, -0.2) is 4.39 Å². The molecule has 0 aliphatic heterocycles. The Hall–Kier alpha value is -2.21. The van der Waals surface area contributed by atoms with Gasteiger partial charge in [-0.2, -0.15) is 5.10 Å². The van der Waals surface area contributed by atoms with Gasteiger partial charge in [0.25, 0.3) is 0 Å². The van der Waals surface area contributed by atoms with Crippen molar-refractivity contribution in [3.8, 4) is 0 Å². The van der Waals surface area contributed by atoms with E-state index in [1.54, 1.807) is 12.1 Å². The molecule has 5 nitrogen and oxygen atoms in total. The maximum Gasteiger partial charge on any atom is 0.220 e. The maximum absolute atomic E-state index is 13.6. The standard InChI is InChI=1S/C17H22FN3O2/c1-10(17-11(2)20-21-12(17)3)8-16(23)19-9-15(22)13-6-4-5-7-14(13)18/h4-7,10,15,22H,8-9H2,1-3H3,(H,19,23)(H,20,21). The maximum atomic E-state index is 13.6. The van der Waals surface area contributed by atoms with E-state index in [1.165, 1.54) is 12.1 Å². The van der Waals surface area contributed by atoms with Crippen molar-refractivity contribution in [2.24, 2.45) is 0 Å². The van der Waals surface area contributed by atoms with Gasteiger partial charge in [-0.15, -0.1) is 0 Å². The van der Waals surface area contributed by atoms with Crippen LogP contribution >= 0.6 is 0 Å². The molecule has 1 heterocycles. The SMILES string of the molecule is Cc1n[nH]c(C)c1C(C)CC(=O)NCC(O)c1ccccc1F. The van der Waals surface area contributed by atoms with Crippen LogP contribution in [-0.2, 0) is 4.79 Å². The zero-order valence-corrected chi connectivity index (χ0v) is 13.6. The molecule has 124 valence electrons. The lowest BCUT2D eigenvalue weighted by molar-refractivity contribution is -0.121.